The van der Waals surface area contributed by atoms with Crippen LogP contribution in [0.1, 0.15) is 77.0 Å². The maximum absolute atomic E-state index is 5.46. The summed E-state index contributed by atoms with van der Waals surface area (Å²) in [6.45, 7) is 0.808. The highest BCUT2D eigenvalue weighted by Gasteiger charge is 1.86. The minimum absolute atomic E-state index is 0.808. The van der Waals surface area contributed by atoms with E-state index in [4.69, 9.17) is 12.2 Å². The average molecular weight is 328 g/mol. The summed E-state index contributed by atoms with van der Waals surface area (Å²) < 4.78 is 0. The molecule has 0 bridgehead atoms. The van der Waals surface area contributed by atoms with Crippen LogP contribution in [0.4, 0.5) is 0 Å². The van der Waals surface area contributed by atoms with Crippen molar-refractivity contribution in [2.45, 2.75) is 77.0 Å². The quantitative estimate of drug-likeness (QED) is 0.196. The fraction of sp³-hybridized carbons (Fsp3) is 0.565. The van der Waals surface area contributed by atoms with E-state index in [0.717, 1.165) is 45.1 Å². The van der Waals surface area contributed by atoms with Crippen molar-refractivity contribution < 1.29 is 0 Å². The van der Waals surface area contributed by atoms with Gasteiger partial charge < -0.3 is 5.73 Å². The van der Waals surface area contributed by atoms with Crippen molar-refractivity contribution in [3.63, 3.8) is 0 Å². The second-order valence-electron chi connectivity index (χ2n) is 6.03. The first-order chi connectivity index (χ1) is 11.9. The monoisotopic (exact) mass is 327 g/mol. The molecule has 0 heterocycles. The lowest BCUT2D eigenvalue weighted by Crippen LogP contribution is -1.96. The van der Waals surface area contributed by atoms with Gasteiger partial charge >= 0.3 is 0 Å². The van der Waals surface area contributed by atoms with Gasteiger partial charge in [-0.05, 0) is 64.3 Å². The lowest BCUT2D eigenvalue weighted by Gasteiger charge is -1.95. The summed E-state index contributed by atoms with van der Waals surface area (Å²) in [5, 5.41) is 0. The maximum Gasteiger partial charge on any atom is 0.00860 e. The molecule has 0 spiro atoms. The van der Waals surface area contributed by atoms with E-state index in [9.17, 15) is 0 Å². The summed E-state index contributed by atoms with van der Waals surface area (Å²) in [5.41, 5.74) is 5.46. The van der Waals surface area contributed by atoms with Gasteiger partial charge in [0.05, 0.1) is 0 Å². The molecule has 1 nitrogen and oxygen atoms in total. The minimum Gasteiger partial charge on any atom is -0.330 e. The molecule has 1 heteroatoms. The number of allylic oxidation sites excluding steroid dienone is 8. The van der Waals surface area contributed by atoms with Gasteiger partial charge in [-0.15, -0.1) is 12.3 Å². The van der Waals surface area contributed by atoms with Crippen LogP contribution in [0.3, 0.4) is 0 Å². The summed E-state index contributed by atoms with van der Waals surface area (Å²) in [6, 6.07) is 0. The number of unbranched alkanes of at least 4 members (excludes halogenated alkanes) is 7. The molecule has 0 aromatic carbocycles. The van der Waals surface area contributed by atoms with E-state index < -0.39 is 0 Å². The standard InChI is InChI=1S/C23H37N/c1-2-3-4-5-6-7-8-9-10-11-12-13-14-15-16-17-18-19-20-21-22-23-24/h1,9-10,12-13,15-16,18-19H,3-8,11,14,17,20-24H2. The van der Waals surface area contributed by atoms with Crippen molar-refractivity contribution >= 4 is 0 Å². The Morgan fingerprint density at radius 1 is 0.583 bits per heavy atom. The van der Waals surface area contributed by atoms with Crippen molar-refractivity contribution in [3.8, 4) is 12.3 Å². The van der Waals surface area contributed by atoms with Crippen LogP contribution in [0.15, 0.2) is 48.6 Å². The molecule has 0 unspecified atom stereocenters. The minimum atomic E-state index is 0.808. The van der Waals surface area contributed by atoms with Crippen LogP contribution in [0.25, 0.3) is 0 Å². The number of rotatable bonds is 16. The van der Waals surface area contributed by atoms with Crippen molar-refractivity contribution in [1.29, 1.82) is 0 Å². The molecule has 0 fully saturated rings. The molecule has 0 aromatic heterocycles. The second-order valence-corrected chi connectivity index (χ2v) is 6.03. The Kier molecular flexibility index (Phi) is 20.1. The summed E-state index contributed by atoms with van der Waals surface area (Å²) >= 11 is 0. The fourth-order valence-corrected chi connectivity index (χ4v) is 2.30. The Morgan fingerprint density at radius 3 is 1.54 bits per heavy atom. The molecular formula is C23H37N. The topological polar surface area (TPSA) is 26.0 Å². The van der Waals surface area contributed by atoms with E-state index in [1.165, 1.54) is 38.5 Å². The van der Waals surface area contributed by atoms with Crippen LogP contribution in [-0.2, 0) is 0 Å². The molecule has 134 valence electrons. The first kappa shape index (κ1) is 22.5. The van der Waals surface area contributed by atoms with Crippen LogP contribution in [-0.4, -0.2) is 6.54 Å². The zero-order valence-corrected chi connectivity index (χ0v) is 15.5. The molecule has 0 aliphatic heterocycles. The maximum atomic E-state index is 5.46. The second kappa shape index (κ2) is 21.5. The van der Waals surface area contributed by atoms with Crippen molar-refractivity contribution in [1.82, 2.24) is 0 Å². The summed E-state index contributed by atoms with van der Waals surface area (Å²) in [4.78, 5) is 0. The van der Waals surface area contributed by atoms with E-state index in [-0.39, 0.29) is 0 Å². The van der Waals surface area contributed by atoms with Gasteiger partial charge in [-0.25, -0.2) is 0 Å². The van der Waals surface area contributed by atoms with Gasteiger partial charge in [-0.1, -0.05) is 61.4 Å². The smallest absolute Gasteiger partial charge is 0.00860 e. The predicted octanol–water partition coefficient (Wildman–Crippen LogP) is 6.48. The lowest BCUT2D eigenvalue weighted by atomic mass is 10.1. The third kappa shape index (κ3) is 20.5. The normalized spacial score (nSPS) is 12.2. The molecule has 24 heavy (non-hydrogen) atoms. The highest BCUT2D eigenvalue weighted by atomic mass is 14.5. The molecule has 0 aliphatic carbocycles. The molecule has 0 aromatic rings. The molecule has 0 atom stereocenters. The molecule has 0 rings (SSSR count). The van der Waals surface area contributed by atoms with Crippen LogP contribution < -0.4 is 5.73 Å². The van der Waals surface area contributed by atoms with Gasteiger partial charge in [0, 0.05) is 6.42 Å². The average Bonchev–Trinajstić information content (AvgIpc) is 2.60. The summed E-state index contributed by atoms with van der Waals surface area (Å²) in [7, 11) is 0. The van der Waals surface area contributed by atoms with E-state index in [1.54, 1.807) is 0 Å². The van der Waals surface area contributed by atoms with E-state index >= 15 is 0 Å². The molecule has 2 N–H and O–H groups in total. The summed E-state index contributed by atoms with van der Waals surface area (Å²) in [5.74, 6) is 2.69. The SMILES string of the molecule is C#CCCCCCCC=CCC=CCC=CCC=CCCCCN. The highest BCUT2D eigenvalue weighted by Crippen LogP contribution is 2.05. The van der Waals surface area contributed by atoms with Gasteiger partial charge in [0.1, 0.15) is 0 Å². The first-order valence-corrected chi connectivity index (χ1v) is 9.65. The van der Waals surface area contributed by atoms with E-state index in [1.807, 2.05) is 0 Å². The molecule has 0 saturated carbocycles. The van der Waals surface area contributed by atoms with Gasteiger partial charge in [0.2, 0.25) is 0 Å². The third-order valence-electron chi connectivity index (χ3n) is 3.75. The van der Waals surface area contributed by atoms with Crippen LogP contribution in [0, 0.1) is 12.3 Å². The van der Waals surface area contributed by atoms with Gasteiger partial charge in [-0.2, -0.15) is 0 Å². The Bertz CT molecular complexity index is 393. The molecule has 0 amide bonds. The largest absolute Gasteiger partial charge is 0.330 e. The highest BCUT2D eigenvalue weighted by molar-refractivity contribution is 4.99. The predicted molar refractivity (Wildman–Crippen MR) is 110 cm³/mol. The first-order valence-electron chi connectivity index (χ1n) is 9.65. The van der Waals surface area contributed by atoms with E-state index in [2.05, 4.69) is 54.5 Å². The van der Waals surface area contributed by atoms with Crippen molar-refractivity contribution in [2.24, 2.45) is 5.73 Å². The number of hydrogen-bond acceptors (Lipinski definition) is 1. The zero-order chi connectivity index (χ0) is 17.6. The number of hydrogen-bond donors (Lipinski definition) is 1. The third-order valence-corrected chi connectivity index (χ3v) is 3.75. The van der Waals surface area contributed by atoms with Crippen molar-refractivity contribution in [2.75, 3.05) is 6.54 Å². The van der Waals surface area contributed by atoms with Gasteiger partial charge in [0.25, 0.3) is 0 Å². The molecule has 0 saturated heterocycles. The molecular weight excluding hydrogens is 290 g/mol. The van der Waals surface area contributed by atoms with Crippen LogP contribution in [0.2, 0.25) is 0 Å². The Hall–Kier alpha value is -1.52. The van der Waals surface area contributed by atoms with Crippen LogP contribution >= 0.6 is 0 Å². The zero-order valence-electron chi connectivity index (χ0n) is 15.5. The fourth-order valence-electron chi connectivity index (χ4n) is 2.30. The Balaban J connectivity index is 3.35. The number of terminal acetylenes is 1. The lowest BCUT2D eigenvalue weighted by molar-refractivity contribution is 0.656. The molecule has 0 radical (unpaired) electrons. The van der Waals surface area contributed by atoms with Gasteiger partial charge in [-0.3, -0.25) is 0 Å². The Labute approximate surface area is 150 Å². The summed E-state index contributed by atoms with van der Waals surface area (Å²) in [6.07, 6.45) is 37.0. The van der Waals surface area contributed by atoms with Crippen molar-refractivity contribution in [3.05, 3.63) is 48.6 Å². The van der Waals surface area contributed by atoms with Gasteiger partial charge in [0.15, 0.2) is 0 Å². The number of nitrogens with two attached hydrogens (primary N) is 1. The van der Waals surface area contributed by atoms with E-state index in [0.29, 0.717) is 0 Å². The van der Waals surface area contributed by atoms with Crippen LogP contribution in [0.5, 0.6) is 0 Å². The Morgan fingerprint density at radius 2 is 1.04 bits per heavy atom. The molecule has 0 aliphatic rings.